The predicted molar refractivity (Wildman–Crippen MR) is 89.6 cm³/mol. The first-order valence-electron chi connectivity index (χ1n) is 7.05. The molecule has 3 aromatic rings. The topological polar surface area (TPSA) is 95.6 Å². The predicted octanol–water partition coefficient (Wildman–Crippen LogP) is 2.87. The van der Waals surface area contributed by atoms with Crippen LogP contribution in [0.4, 0.5) is 5.82 Å². The van der Waals surface area contributed by atoms with Crippen molar-refractivity contribution in [1.82, 2.24) is 9.97 Å². The zero-order valence-electron chi connectivity index (χ0n) is 12.5. The van der Waals surface area contributed by atoms with Gasteiger partial charge in [0, 0.05) is 23.4 Å². The molecule has 1 aromatic carbocycles. The molecule has 0 unspecified atom stereocenters. The number of hydrogen-bond acceptors (Lipinski definition) is 4. The Morgan fingerprint density at radius 1 is 1.13 bits per heavy atom. The number of nitrogens with zero attached hydrogens (tertiary/aromatic N) is 2. The number of hydrogen-bond donors (Lipinski definition) is 2. The summed E-state index contributed by atoms with van der Waals surface area (Å²) >= 11 is 0. The number of nitrogen functional groups attached to an aromatic ring is 1. The van der Waals surface area contributed by atoms with Crippen LogP contribution >= 0.6 is 0 Å². The van der Waals surface area contributed by atoms with Crippen molar-refractivity contribution in [2.24, 2.45) is 0 Å². The zero-order valence-corrected chi connectivity index (χ0v) is 12.5. The third kappa shape index (κ3) is 2.83. The van der Waals surface area contributed by atoms with Crippen LogP contribution in [0.25, 0.3) is 22.4 Å². The van der Waals surface area contributed by atoms with E-state index in [1.54, 1.807) is 12.3 Å². The Hall–Kier alpha value is -3.39. The number of nitrogens with one attached hydrogen (secondary N) is 1. The monoisotopic (exact) mass is 302 g/mol. The zero-order chi connectivity index (χ0) is 16.4. The van der Waals surface area contributed by atoms with Crippen LogP contribution < -0.4 is 11.3 Å². The number of aromatic nitrogens is 2. The highest BCUT2D eigenvalue weighted by molar-refractivity contribution is 5.79. The molecule has 0 aliphatic heterocycles. The first-order valence-corrected chi connectivity index (χ1v) is 7.05. The van der Waals surface area contributed by atoms with Crippen molar-refractivity contribution in [2.75, 3.05) is 5.73 Å². The van der Waals surface area contributed by atoms with Crippen molar-refractivity contribution < 1.29 is 0 Å². The second-order valence-corrected chi connectivity index (χ2v) is 5.23. The van der Waals surface area contributed by atoms with E-state index in [-0.39, 0.29) is 11.4 Å². The Bertz CT molecular complexity index is 945. The van der Waals surface area contributed by atoms with E-state index in [9.17, 15) is 10.1 Å². The molecule has 0 bridgehead atoms. The molecule has 0 atom stereocenters. The highest BCUT2D eigenvalue weighted by Crippen LogP contribution is 2.30. The first kappa shape index (κ1) is 14.5. The average molecular weight is 302 g/mol. The Kier molecular flexibility index (Phi) is 3.65. The van der Waals surface area contributed by atoms with Crippen molar-refractivity contribution in [3.8, 4) is 28.5 Å². The molecule has 112 valence electrons. The number of rotatable bonds is 2. The molecule has 3 rings (SSSR count). The fraction of sp³-hybridized carbons (Fsp3) is 0.0556. The van der Waals surface area contributed by atoms with Gasteiger partial charge in [0.25, 0.3) is 0 Å². The summed E-state index contributed by atoms with van der Waals surface area (Å²) in [5.41, 5.74) is 10.2. The molecular weight excluding hydrogens is 288 g/mol. The molecule has 0 aliphatic carbocycles. The molecule has 2 aromatic heterocycles. The lowest BCUT2D eigenvalue weighted by Crippen LogP contribution is -2.03. The summed E-state index contributed by atoms with van der Waals surface area (Å²) in [5.74, 6) is 0.173. The minimum Gasteiger partial charge on any atom is -0.383 e. The summed E-state index contributed by atoms with van der Waals surface area (Å²) in [4.78, 5) is 18.2. The van der Waals surface area contributed by atoms with Gasteiger partial charge >= 0.3 is 0 Å². The maximum atomic E-state index is 11.2. The van der Waals surface area contributed by atoms with Crippen LogP contribution in [0.3, 0.4) is 0 Å². The van der Waals surface area contributed by atoms with Crippen LogP contribution in [-0.4, -0.2) is 9.97 Å². The molecule has 2 heterocycles. The van der Waals surface area contributed by atoms with Crippen LogP contribution in [-0.2, 0) is 0 Å². The number of aromatic amines is 1. The number of H-pyrrole nitrogens is 1. The average Bonchev–Trinajstić information content (AvgIpc) is 2.55. The highest BCUT2D eigenvalue weighted by Gasteiger charge is 2.13. The lowest BCUT2D eigenvalue weighted by molar-refractivity contribution is 1.23. The van der Waals surface area contributed by atoms with Gasteiger partial charge < -0.3 is 10.7 Å². The quantitative estimate of drug-likeness (QED) is 0.760. The molecule has 0 radical (unpaired) electrons. The smallest absolute Gasteiger partial charge is 0.247 e. The lowest BCUT2D eigenvalue weighted by Gasteiger charge is -2.10. The second-order valence-electron chi connectivity index (χ2n) is 5.23. The van der Waals surface area contributed by atoms with Crippen molar-refractivity contribution in [2.45, 2.75) is 6.92 Å². The molecule has 0 fully saturated rings. The second kappa shape index (κ2) is 5.78. The van der Waals surface area contributed by atoms with E-state index in [1.165, 1.54) is 6.07 Å². The van der Waals surface area contributed by atoms with Gasteiger partial charge in [-0.25, -0.2) is 4.98 Å². The van der Waals surface area contributed by atoms with Gasteiger partial charge in [-0.3, -0.25) is 4.79 Å². The Balaban J connectivity index is 2.22. The van der Waals surface area contributed by atoms with E-state index < -0.39 is 0 Å². The summed E-state index contributed by atoms with van der Waals surface area (Å²) in [6.07, 6.45) is 1.57. The van der Waals surface area contributed by atoms with E-state index >= 15 is 0 Å². The largest absolute Gasteiger partial charge is 0.383 e. The van der Waals surface area contributed by atoms with E-state index in [4.69, 9.17) is 5.73 Å². The third-order valence-electron chi connectivity index (χ3n) is 3.60. The van der Waals surface area contributed by atoms with E-state index in [0.29, 0.717) is 22.4 Å². The Labute approximate surface area is 133 Å². The molecule has 0 amide bonds. The number of benzene rings is 1. The van der Waals surface area contributed by atoms with Crippen LogP contribution in [0.15, 0.2) is 53.5 Å². The minimum atomic E-state index is -0.201. The molecule has 0 spiro atoms. The van der Waals surface area contributed by atoms with Crippen LogP contribution in [0.1, 0.15) is 11.1 Å². The van der Waals surface area contributed by atoms with Crippen LogP contribution in [0, 0.1) is 18.3 Å². The fourth-order valence-electron chi connectivity index (χ4n) is 2.36. The molecule has 5 heteroatoms. The maximum Gasteiger partial charge on any atom is 0.247 e. The highest BCUT2D eigenvalue weighted by atomic mass is 16.1. The third-order valence-corrected chi connectivity index (χ3v) is 3.60. The Morgan fingerprint density at radius 2 is 1.83 bits per heavy atom. The summed E-state index contributed by atoms with van der Waals surface area (Å²) in [5, 5.41) is 9.37. The van der Waals surface area contributed by atoms with Gasteiger partial charge in [-0.15, -0.1) is 0 Å². The number of anilines is 1. The first-order chi connectivity index (χ1) is 11.1. The maximum absolute atomic E-state index is 11.2. The standard InChI is InChI=1S/C18H14N4O/c1-11-2-4-12(5-3-11)16-8-14(15(9-19)18(20)22-16)13-6-7-17(23)21-10-13/h2-8,10H,1H3,(H2,20,22)(H,21,23). The molecule has 23 heavy (non-hydrogen) atoms. The molecule has 0 aliphatic rings. The Morgan fingerprint density at radius 3 is 2.43 bits per heavy atom. The molecule has 3 N–H and O–H groups in total. The number of pyridine rings is 2. The normalized spacial score (nSPS) is 10.3. The summed E-state index contributed by atoms with van der Waals surface area (Å²) < 4.78 is 0. The summed E-state index contributed by atoms with van der Waals surface area (Å²) in [7, 11) is 0. The summed E-state index contributed by atoms with van der Waals surface area (Å²) in [6, 6.07) is 14.9. The van der Waals surface area contributed by atoms with Crippen LogP contribution in [0.2, 0.25) is 0 Å². The van der Waals surface area contributed by atoms with E-state index in [1.807, 2.05) is 37.3 Å². The van der Waals surface area contributed by atoms with Crippen molar-refractivity contribution in [3.63, 3.8) is 0 Å². The van der Waals surface area contributed by atoms with Gasteiger partial charge in [0.15, 0.2) is 0 Å². The van der Waals surface area contributed by atoms with Gasteiger partial charge in [0.1, 0.15) is 17.5 Å². The van der Waals surface area contributed by atoms with Gasteiger partial charge in [-0.05, 0) is 24.6 Å². The van der Waals surface area contributed by atoms with Gasteiger partial charge in [-0.2, -0.15) is 5.26 Å². The van der Waals surface area contributed by atoms with Crippen molar-refractivity contribution >= 4 is 5.82 Å². The molecule has 0 saturated carbocycles. The number of nitrogens with two attached hydrogens (primary N) is 1. The lowest BCUT2D eigenvalue weighted by atomic mass is 9.99. The van der Waals surface area contributed by atoms with Gasteiger partial charge in [-0.1, -0.05) is 29.8 Å². The van der Waals surface area contributed by atoms with Gasteiger partial charge in [0.2, 0.25) is 5.56 Å². The fourth-order valence-corrected chi connectivity index (χ4v) is 2.36. The molecule has 5 nitrogen and oxygen atoms in total. The number of nitriles is 1. The summed E-state index contributed by atoms with van der Waals surface area (Å²) in [6.45, 7) is 2.01. The van der Waals surface area contributed by atoms with Gasteiger partial charge in [0.05, 0.1) is 5.69 Å². The van der Waals surface area contributed by atoms with E-state index in [0.717, 1.165) is 11.1 Å². The van der Waals surface area contributed by atoms with E-state index in [2.05, 4.69) is 16.0 Å². The molecular formula is C18H14N4O. The van der Waals surface area contributed by atoms with Crippen LogP contribution in [0.5, 0.6) is 0 Å². The van der Waals surface area contributed by atoms with Crippen molar-refractivity contribution in [3.05, 3.63) is 70.1 Å². The minimum absolute atomic E-state index is 0.173. The number of aryl methyl sites for hydroxylation is 1. The molecule has 0 saturated heterocycles. The SMILES string of the molecule is Cc1ccc(-c2cc(-c3ccc(=O)[nH]c3)c(C#N)c(N)n2)cc1. The van der Waals surface area contributed by atoms with Crippen molar-refractivity contribution in [1.29, 1.82) is 5.26 Å².